The van der Waals surface area contributed by atoms with Gasteiger partial charge in [-0.25, -0.2) is 0 Å². The van der Waals surface area contributed by atoms with Crippen LogP contribution < -0.4 is 10.2 Å². The van der Waals surface area contributed by atoms with E-state index >= 15 is 0 Å². The lowest BCUT2D eigenvalue weighted by atomic mass is 9.65. The first-order chi connectivity index (χ1) is 19.7. The summed E-state index contributed by atoms with van der Waals surface area (Å²) in [6, 6.07) is 35.8. The van der Waals surface area contributed by atoms with Crippen molar-refractivity contribution in [1.29, 1.82) is 5.26 Å². The lowest BCUT2D eigenvalue weighted by molar-refractivity contribution is -0.0893. The minimum atomic E-state index is -1.01. The van der Waals surface area contributed by atoms with Gasteiger partial charge >= 0.3 is 7.48 Å². The van der Waals surface area contributed by atoms with Gasteiger partial charge in [-0.05, 0) is 73.5 Å². The van der Waals surface area contributed by atoms with Crippen LogP contribution in [0.5, 0.6) is 11.5 Å². The quantitative estimate of drug-likeness (QED) is 0.254. The average Bonchev–Trinajstić information content (AvgIpc) is 3.25. The molecule has 1 heterocycles. The summed E-state index contributed by atoms with van der Waals surface area (Å²) in [6.45, 7) is 7.38. The third-order valence-corrected chi connectivity index (χ3v) is 9.20. The Morgan fingerprint density at radius 3 is 2.00 bits per heavy atom. The molecule has 0 aromatic heterocycles. The number of fused-ring (bicyclic) bond motifs is 11. The van der Waals surface area contributed by atoms with Crippen LogP contribution in [0.1, 0.15) is 55.5 Å². The van der Waals surface area contributed by atoms with Crippen LogP contribution in [0.4, 0.5) is 0 Å². The minimum Gasteiger partial charge on any atom is -0.457 e. The van der Waals surface area contributed by atoms with Crippen molar-refractivity contribution < 1.29 is 14.5 Å². The minimum absolute atomic E-state index is 0.348. The molecular formula is C36H30BNO3. The Labute approximate surface area is 241 Å². The zero-order chi connectivity index (χ0) is 28.6. The van der Waals surface area contributed by atoms with Gasteiger partial charge in [0.05, 0.1) is 28.2 Å². The number of rotatable bonds is 4. The zero-order valence-corrected chi connectivity index (χ0v) is 23.7. The van der Waals surface area contributed by atoms with E-state index in [0.717, 1.165) is 61.1 Å². The molecule has 0 radical (unpaired) electrons. The molecule has 4 nitrogen and oxygen atoms in total. The van der Waals surface area contributed by atoms with Crippen LogP contribution in [0, 0.1) is 11.3 Å². The average molecular weight is 535 g/mol. The summed E-state index contributed by atoms with van der Waals surface area (Å²) in [5, 5.41) is 23.0. The normalized spacial score (nSPS) is 14.4. The van der Waals surface area contributed by atoms with Crippen LogP contribution in [0.2, 0.25) is 0 Å². The summed E-state index contributed by atoms with van der Waals surface area (Å²) in [4.78, 5) is 0. The van der Waals surface area contributed by atoms with Crippen LogP contribution >= 0.6 is 0 Å². The second-order valence-corrected chi connectivity index (χ2v) is 12.1. The predicted octanol–water partition coefficient (Wildman–Crippen LogP) is 6.72. The number of benzene rings is 5. The van der Waals surface area contributed by atoms with Crippen molar-refractivity contribution in [3.8, 4) is 28.7 Å². The van der Waals surface area contributed by atoms with Crippen LogP contribution in [-0.2, 0) is 10.1 Å². The van der Waals surface area contributed by atoms with Gasteiger partial charge in [-0.15, -0.1) is 0 Å². The molecule has 0 fully saturated rings. The topological polar surface area (TPSA) is 62.5 Å². The fraction of sp³-hybridized carbons (Fsp3) is 0.194. The van der Waals surface area contributed by atoms with E-state index in [1.165, 1.54) is 0 Å². The van der Waals surface area contributed by atoms with Crippen LogP contribution in [0.15, 0.2) is 97.1 Å². The Morgan fingerprint density at radius 1 is 0.756 bits per heavy atom. The fourth-order valence-corrected chi connectivity index (χ4v) is 6.42. The van der Waals surface area contributed by atoms with Crippen LogP contribution in [0.25, 0.3) is 21.9 Å². The van der Waals surface area contributed by atoms with Crippen molar-refractivity contribution in [3.05, 3.63) is 125 Å². The van der Waals surface area contributed by atoms with Gasteiger partial charge in [0.1, 0.15) is 11.5 Å². The summed E-state index contributed by atoms with van der Waals surface area (Å²) in [6.07, 6.45) is 0. The van der Waals surface area contributed by atoms with Crippen molar-refractivity contribution in [1.82, 2.24) is 0 Å². The van der Waals surface area contributed by atoms with E-state index in [1.54, 1.807) is 13.8 Å². The molecule has 0 bridgehead atoms. The Morgan fingerprint density at radius 2 is 1.37 bits per heavy atom. The van der Waals surface area contributed by atoms with E-state index in [9.17, 15) is 10.4 Å². The molecule has 1 aliphatic carbocycles. The molecule has 0 amide bonds. The van der Waals surface area contributed by atoms with E-state index in [0.29, 0.717) is 13.0 Å². The molecule has 200 valence electrons. The SMILES string of the molecule is CC(C)(O)C(C)(C)OBc1ccc2c(c1)C1(c3ccccc3Oc3ccccc31)c1cc(C#N)c3ccccc3c1-2. The van der Waals surface area contributed by atoms with Gasteiger partial charge in [0.25, 0.3) is 0 Å². The molecule has 5 aromatic carbocycles. The zero-order valence-electron chi connectivity index (χ0n) is 23.7. The highest BCUT2D eigenvalue weighted by molar-refractivity contribution is 6.47. The smallest absolute Gasteiger partial charge is 0.309 e. The summed E-state index contributed by atoms with van der Waals surface area (Å²) in [5.74, 6) is 1.61. The number of hydrogen-bond acceptors (Lipinski definition) is 4. The molecule has 1 spiro atoms. The molecule has 5 aromatic rings. The lowest BCUT2D eigenvalue weighted by Gasteiger charge is -2.39. The van der Waals surface area contributed by atoms with Gasteiger partial charge < -0.3 is 14.5 Å². The molecule has 2 aliphatic rings. The maximum Gasteiger partial charge on any atom is 0.309 e. The summed E-state index contributed by atoms with van der Waals surface area (Å²) in [5.41, 5.74) is 5.83. The number of nitriles is 1. The molecule has 0 unspecified atom stereocenters. The number of ether oxygens (including phenoxy) is 1. The van der Waals surface area contributed by atoms with Gasteiger partial charge in [-0.1, -0.05) is 84.3 Å². The first-order valence-electron chi connectivity index (χ1n) is 14.0. The van der Waals surface area contributed by atoms with Crippen molar-refractivity contribution in [2.45, 2.75) is 44.3 Å². The van der Waals surface area contributed by atoms with Crippen molar-refractivity contribution in [2.75, 3.05) is 0 Å². The Hall–Kier alpha value is -4.37. The highest BCUT2D eigenvalue weighted by atomic mass is 16.5. The van der Waals surface area contributed by atoms with Gasteiger partial charge in [-0.2, -0.15) is 5.26 Å². The fourth-order valence-electron chi connectivity index (χ4n) is 6.42. The molecule has 1 aliphatic heterocycles. The maximum absolute atomic E-state index is 10.7. The van der Waals surface area contributed by atoms with E-state index < -0.39 is 16.6 Å². The van der Waals surface area contributed by atoms with Crippen molar-refractivity contribution in [3.63, 3.8) is 0 Å². The van der Waals surface area contributed by atoms with Crippen molar-refractivity contribution in [2.24, 2.45) is 0 Å². The van der Waals surface area contributed by atoms with E-state index in [-0.39, 0.29) is 0 Å². The standard InChI is InChI=1S/C36H30BNO3/c1-34(2,39)35(3,4)41-37-23-17-18-26-29(20-23)36(30-19-22(21-38)24-11-5-6-12-25(24)33(26)30)27-13-7-9-15-31(27)40-32-16-10-8-14-28(32)36/h5-20,37,39H,1-4H3. The first-order valence-corrected chi connectivity index (χ1v) is 14.0. The summed E-state index contributed by atoms with van der Waals surface area (Å²) in [7, 11) is 0.348. The Bertz CT molecular complexity index is 1870. The molecule has 0 saturated carbocycles. The largest absolute Gasteiger partial charge is 0.457 e. The van der Waals surface area contributed by atoms with Crippen LogP contribution in [0.3, 0.4) is 0 Å². The third-order valence-electron chi connectivity index (χ3n) is 9.20. The monoisotopic (exact) mass is 535 g/mol. The summed E-state index contributed by atoms with van der Waals surface area (Å²) >= 11 is 0. The first kappa shape index (κ1) is 25.6. The van der Waals surface area contributed by atoms with Gasteiger partial charge in [0.2, 0.25) is 0 Å². The van der Waals surface area contributed by atoms with Gasteiger partial charge in [0.15, 0.2) is 0 Å². The highest BCUT2D eigenvalue weighted by Gasteiger charge is 2.52. The molecule has 41 heavy (non-hydrogen) atoms. The van der Waals surface area contributed by atoms with E-state index in [2.05, 4.69) is 60.7 Å². The van der Waals surface area contributed by atoms with Gasteiger partial charge in [0, 0.05) is 16.5 Å². The lowest BCUT2D eigenvalue weighted by Crippen LogP contribution is -2.49. The second kappa shape index (κ2) is 8.82. The molecule has 0 saturated heterocycles. The predicted molar refractivity (Wildman–Crippen MR) is 164 cm³/mol. The Kier molecular flexibility index (Phi) is 5.50. The maximum atomic E-state index is 10.7. The number of aliphatic hydroxyl groups is 1. The number of nitrogens with zero attached hydrogens (tertiary/aromatic N) is 1. The molecule has 0 atom stereocenters. The molecule has 1 N–H and O–H groups in total. The molecule has 5 heteroatoms. The second-order valence-electron chi connectivity index (χ2n) is 12.1. The van der Waals surface area contributed by atoms with Crippen molar-refractivity contribution >= 4 is 23.7 Å². The highest BCUT2D eigenvalue weighted by Crippen LogP contribution is 2.63. The summed E-state index contributed by atoms with van der Waals surface area (Å²) < 4.78 is 12.8. The van der Waals surface area contributed by atoms with E-state index in [4.69, 9.17) is 9.39 Å². The van der Waals surface area contributed by atoms with Crippen LogP contribution in [-0.4, -0.2) is 23.8 Å². The number of para-hydroxylation sites is 2. The van der Waals surface area contributed by atoms with Gasteiger partial charge in [-0.3, -0.25) is 0 Å². The number of hydrogen-bond donors (Lipinski definition) is 1. The molecule has 7 rings (SSSR count). The van der Waals surface area contributed by atoms with E-state index in [1.807, 2.05) is 56.3 Å². The third kappa shape index (κ3) is 3.55. The Balaban J connectivity index is 1.57. The molecular weight excluding hydrogens is 505 g/mol.